The average Bonchev–Trinajstić information content (AvgIpc) is 2.56. The largest absolute Gasteiger partial charge is 0.379 e. The van der Waals surface area contributed by atoms with Crippen molar-refractivity contribution in [1.29, 1.82) is 0 Å². The number of benzene rings is 1. The third-order valence-electron chi connectivity index (χ3n) is 5.44. The van der Waals surface area contributed by atoms with Crippen molar-refractivity contribution in [3.05, 3.63) is 35.9 Å². The summed E-state index contributed by atoms with van der Waals surface area (Å²) in [6.45, 7) is 5.97. The molecule has 1 saturated heterocycles. The SMILES string of the molecule is CC(O)N1CCN(C2(c3ccccc3)CCCCC2)CC1. The van der Waals surface area contributed by atoms with Gasteiger partial charge in [-0.25, -0.2) is 0 Å². The van der Waals surface area contributed by atoms with Crippen molar-refractivity contribution in [2.75, 3.05) is 26.2 Å². The number of aliphatic hydroxyl groups excluding tert-OH is 1. The second-order valence-electron chi connectivity index (χ2n) is 6.61. The zero-order valence-corrected chi connectivity index (χ0v) is 13.2. The summed E-state index contributed by atoms with van der Waals surface area (Å²) in [4.78, 5) is 4.87. The van der Waals surface area contributed by atoms with Gasteiger partial charge >= 0.3 is 0 Å². The van der Waals surface area contributed by atoms with Gasteiger partial charge in [0.05, 0.1) is 0 Å². The van der Waals surface area contributed by atoms with Crippen molar-refractivity contribution in [1.82, 2.24) is 9.80 Å². The van der Waals surface area contributed by atoms with E-state index in [0.29, 0.717) is 0 Å². The van der Waals surface area contributed by atoms with Crippen LogP contribution in [0.4, 0.5) is 0 Å². The fraction of sp³-hybridized carbons (Fsp3) is 0.667. The second kappa shape index (κ2) is 6.47. The van der Waals surface area contributed by atoms with Gasteiger partial charge in [-0.2, -0.15) is 0 Å². The van der Waals surface area contributed by atoms with Crippen LogP contribution in [-0.2, 0) is 5.54 Å². The molecule has 1 aliphatic carbocycles. The highest BCUT2D eigenvalue weighted by Gasteiger charge is 2.40. The first-order valence-electron chi connectivity index (χ1n) is 8.45. The molecular weight excluding hydrogens is 260 g/mol. The summed E-state index contributed by atoms with van der Waals surface area (Å²) in [7, 11) is 0. The Labute approximate surface area is 128 Å². The van der Waals surface area contributed by atoms with E-state index in [9.17, 15) is 5.11 Å². The molecule has 0 radical (unpaired) electrons. The minimum Gasteiger partial charge on any atom is -0.379 e. The highest BCUT2D eigenvalue weighted by molar-refractivity contribution is 5.25. The molecule has 1 saturated carbocycles. The molecule has 1 aliphatic heterocycles. The molecule has 3 nitrogen and oxygen atoms in total. The second-order valence-corrected chi connectivity index (χ2v) is 6.61. The number of hydrogen-bond acceptors (Lipinski definition) is 3. The van der Waals surface area contributed by atoms with Crippen molar-refractivity contribution >= 4 is 0 Å². The number of nitrogens with zero attached hydrogens (tertiary/aromatic N) is 2. The molecule has 3 heteroatoms. The molecule has 1 N–H and O–H groups in total. The molecule has 21 heavy (non-hydrogen) atoms. The molecule has 1 unspecified atom stereocenters. The molecule has 0 amide bonds. The zero-order chi connectivity index (χ0) is 14.7. The molecule has 1 aromatic carbocycles. The predicted octanol–water partition coefficient (Wildman–Crippen LogP) is 2.80. The van der Waals surface area contributed by atoms with E-state index in [4.69, 9.17) is 0 Å². The molecule has 1 heterocycles. The Balaban J connectivity index is 1.81. The van der Waals surface area contributed by atoms with E-state index in [1.807, 2.05) is 6.92 Å². The van der Waals surface area contributed by atoms with Gasteiger partial charge in [-0.1, -0.05) is 49.6 Å². The highest BCUT2D eigenvalue weighted by atomic mass is 16.3. The van der Waals surface area contributed by atoms with Gasteiger partial charge in [-0.05, 0) is 25.3 Å². The molecule has 0 aromatic heterocycles. The Morgan fingerprint density at radius 2 is 1.57 bits per heavy atom. The summed E-state index contributed by atoms with van der Waals surface area (Å²) in [5.74, 6) is 0. The van der Waals surface area contributed by atoms with Crippen LogP contribution in [0.2, 0.25) is 0 Å². The lowest BCUT2D eigenvalue weighted by molar-refractivity contribution is -0.0510. The van der Waals surface area contributed by atoms with Crippen LogP contribution < -0.4 is 0 Å². The van der Waals surface area contributed by atoms with Gasteiger partial charge in [0.15, 0.2) is 0 Å². The quantitative estimate of drug-likeness (QED) is 0.926. The first kappa shape index (κ1) is 15.0. The molecule has 116 valence electrons. The lowest BCUT2D eigenvalue weighted by Gasteiger charge is -2.50. The molecular formula is C18H28N2O. The topological polar surface area (TPSA) is 26.7 Å². The van der Waals surface area contributed by atoms with Crippen LogP contribution in [-0.4, -0.2) is 47.3 Å². The Kier molecular flexibility index (Phi) is 4.63. The number of aliphatic hydroxyl groups is 1. The number of piperazine rings is 1. The number of rotatable bonds is 3. The van der Waals surface area contributed by atoms with Gasteiger partial charge in [0, 0.05) is 31.7 Å². The minimum absolute atomic E-state index is 0.240. The predicted molar refractivity (Wildman–Crippen MR) is 86.0 cm³/mol. The van der Waals surface area contributed by atoms with Crippen LogP contribution in [0.5, 0.6) is 0 Å². The van der Waals surface area contributed by atoms with E-state index in [-0.39, 0.29) is 11.8 Å². The molecule has 2 fully saturated rings. The maximum atomic E-state index is 9.76. The maximum Gasteiger partial charge on any atom is 0.104 e. The summed E-state index contributed by atoms with van der Waals surface area (Å²) >= 11 is 0. The van der Waals surface area contributed by atoms with E-state index < -0.39 is 0 Å². The molecule has 0 spiro atoms. The monoisotopic (exact) mass is 288 g/mol. The lowest BCUT2D eigenvalue weighted by atomic mass is 9.75. The fourth-order valence-corrected chi connectivity index (χ4v) is 4.20. The van der Waals surface area contributed by atoms with E-state index in [1.54, 1.807) is 0 Å². The Bertz CT molecular complexity index is 432. The smallest absolute Gasteiger partial charge is 0.104 e. The van der Waals surface area contributed by atoms with Gasteiger partial charge < -0.3 is 5.11 Å². The van der Waals surface area contributed by atoms with Crippen molar-refractivity contribution in [3.63, 3.8) is 0 Å². The van der Waals surface area contributed by atoms with Crippen LogP contribution in [0.3, 0.4) is 0 Å². The normalized spacial score (nSPS) is 25.6. The van der Waals surface area contributed by atoms with Gasteiger partial charge in [0.2, 0.25) is 0 Å². The standard InChI is InChI=1S/C18H28N2O/c1-16(21)19-12-14-20(15-13-19)18(10-6-3-7-11-18)17-8-4-2-5-9-17/h2,4-5,8-9,16,21H,3,6-7,10-15H2,1H3. The highest BCUT2D eigenvalue weighted by Crippen LogP contribution is 2.42. The number of hydrogen-bond donors (Lipinski definition) is 1. The van der Waals surface area contributed by atoms with Crippen LogP contribution in [0.1, 0.15) is 44.6 Å². The Hall–Kier alpha value is -0.900. The lowest BCUT2D eigenvalue weighted by Crippen LogP contribution is -2.57. The fourth-order valence-electron chi connectivity index (χ4n) is 4.20. The minimum atomic E-state index is -0.314. The van der Waals surface area contributed by atoms with E-state index in [0.717, 1.165) is 26.2 Å². The third-order valence-corrected chi connectivity index (χ3v) is 5.44. The molecule has 0 bridgehead atoms. The molecule has 1 atom stereocenters. The van der Waals surface area contributed by atoms with Gasteiger partial charge in [-0.15, -0.1) is 0 Å². The average molecular weight is 288 g/mol. The Morgan fingerprint density at radius 3 is 2.14 bits per heavy atom. The van der Waals surface area contributed by atoms with Crippen LogP contribution >= 0.6 is 0 Å². The van der Waals surface area contributed by atoms with E-state index >= 15 is 0 Å². The van der Waals surface area contributed by atoms with Gasteiger partial charge in [-0.3, -0.25) is 9.80 Å². The summed E-state index contributed by atoms with van der Waals surface area (Å²) in [6, 6.07) is 11.1. The molecule has 1 aromatic rings. The summed E-state index contributed by atoms with van der Waals surface area (Å²) in [5.41, 5.74) is 1.74. The summed E-state index contributed by atoms with van der Waals surface area (Å²) in [6.07, 6.45) is 6.31. The zero-order valence-electron chi connectivity index (χ0n) is 13.2. The van der Waals surface area contributed by atoms with Gasteiger partial charge in [0.1, 0.15) is 6.23 Å². The van der Waals surface area contributed by atoms with Crippen molar-refractivity contribution in [2.24, 2.45) is 0 Å². The van der Waals surface area contributed by atoms with Crippen LogP contribution in [0.25, 0.3) is 0 Å². The first-order chi connectivity index (χ1) is 10.2. The van der Waals surface area contributed by atoms with Crippen LogP contribution in [0.15, 0.2) is 30.3 Å². The molecule has 2 aliphatic rings. The van der Waals surface area contributed by atoms with Crippen LogP contribution in [0, 0.1) is 0 Å². The van der Waals surface area contributed by atoms with Gasteiger partial charge in [0.25, 0.3) is 0 Å². The molecule has 3 rings (SSSR count). The van der Waals surface area contributed by atoms with E-state index in [2.05, 4.69) is 40.1 Å². The maximum absolute atomic E-state index is 9.76. The summed E-state index contributed by atoms with van der Waals surface area (Å²) < 4.78 is 0. The van der Waals surface area contributed by atoms with Crippen molar-refractivity contribution in [2.45, 2.75) is 50.8 Å². The summed E-state index contributed by atoms with van der Waals surface area (Å²) in [5, 5.41) is 9.76. The van der Waals surface area contributed by atoms with Crippen molar-refractivity contribution in [3.8, 4) is 0 Å². The third kappa shape index (κ3) is 3.01. The Morgan fingerprint density at radius 1 is 0.952 bits per heavy atom. The van der Waals surface area contributed by atoms with E-state index in [1.165, 1.54) is 37.7 Å². The first-order valence-corrected chi connectivity index (χ1v) is 8.45. The van der Waals surface area contributed by atoms with Crippen molar-refractivity contribution < 1.29 is 5.11 Å².